The lowest BCUT2D eigenvalue weighted by atomic mass is 10.1. The van der Waals surface area contributed by atoms with Crippen molar-refractivity contribution in [1.82, 2.24) is 15.3 Å². The first-order valence-electron chi connectivity index (χ1n) is 5.66. The van der Waals surface area contributed by atoms with Gasteiger partial charge in [0.15, 0.2) is 0 Å². The maximum atomic E-state index is 12.1. The number of carbonyl (C=O) groups excluding carboxylic acids is 1. The van der Waals surface area contributed by atoms with E-state index in [0.717, 1.165) is 11.8 Å². The van der Waals surface area contributed by atoms with Crippen LogP contribution in [0.5, 0.6) is 0 Å². The van der Waals surface area contributed by atoms with Crippen LogP contribution >= 0.6 is 11.8 Å². The number of aliphatic carboxylic acids is 2. The van der Waals surface area contributed by atoms with E-state index in [1.165, 1.54) is 6.92 Å². The Morgan fingerprint density at radius 1 is 1.38 bits per heavy atom. The Morgan fingerprint density at radius 2 is 2.00 bits per heavy atom. The second-order valence-electron chi connectivity index (χ2n) is 4.01. The molecule has 9 nitrogen and oxygen atoms in total. The number of aromatic amines is 1. The predicted molar refractivity (Wildman–Crippen MR) is 72.5 cm³/mol. The summed E-state index contributed by atoms with van der Waals surface area (Å²) in [6.45, 7) is 1.46. The summed E-state index contributed by atoms with van der Waals surface area (Å²) < 4.78 is 0. The predicted octanol–water partition coefficient (Wildman–Crippen LogP) is -0.542. The molecule has 0 saturated carbocycles. The summed E-state index contributed by atoms with van der Waals surface area (Å²) in [4.78, 5) is 50.8. The van der Waals surface area contributed by atoms with E-state index in [-0.39, 0.29) is 16.3 Å². The van der Waals surface area contributed by atoms with Gasteiger partial charge in [-0.2, -0.15) is 4.98 Å². The average Bonchev–Trinajstić information content (AvgIpc) is 2.35. The number of carboxylic acid groups (broad SMARTS) is 2. The molecule has 1 aromatic rings. The SMILES string of the molecule is CSc1nc(=O)[nH]c(C)c1C(=O)N[C@H](CC(=O)O)C(=O)O. The van der Waals surface area contributed by atoms with E-state index in [1.807, 2.05) is 0 Å². The van der Waals surface area contributed by atoms with Crippen LogP contribution in [0, 0.1) is 6.92 Å². The van der Waals surface area contributed by atoms with Gasteiger partial charge in [0.2, 0.25) is 0 Å². The number of rotatable bonds is 6. The number of H-pyrrole nitrogens is 1. The second kappa shape index (κ2) is 6.88. The Hall–Kier alpha value is -2.36. The molecule has 114 valence electrons. The lowest BCUT2D eigenvalue weighted by Gasteiger charge is -2.14. The van der Waals surface area contributed by atoms with E-state index in [2.05, 4.69) is 15.3 Å². The number of aryl methyl sites for hydroxylation is 1. The topological polar surface area (TPSA) is 149 Å². The number of thioether (sulfide) groups is 1. The van der Waals surface area contributed by atoms with E-state index in [0.29, 0.717) is 0 Å². The number of nitrogens with one attached hydrogen (secondary N) is 2. The zero-order valence-corrected chi connectivity index (χ0v) is 12.0. The van der Waals surface area contributed by atoms with E-state index in [9.17, 15) is 19.2 Å². The highest BCUT2D eigenvalue weighted by atomic mass is 32.2. The van der Waals surface area contributed by atoms with Crippen LogP contribution < -0.4 is 11.0 Å². The molecule has 4 N–H and O–H groups in total. The number of hydrogen-bond donors (Lipinski definition) is 4. The lowest BCUT2D eigenvalue weighted by Crippen LogP contribution is -2.43. The van der Waals surface area contributed by atoms with Crippen LogP contribution in [0.2, 0.25) is 0 Å². The van der Waals surface area contributed by atoms with Gasteiger partial charge < -0.3 is 20.5 Å². The molecule has 0 unspecified atom stereocenters. The average molecular weight is 315 g/mol. The summed E-state index contributed by atoms with van der Waals surface area (Å²) in [6, 6.07) is -1.57. The van der Waals surface area contributed by atoms with Crippen molar-refractivity contribution in [2.75, 3.05) is 6.26 Å². The molecular weight excluding hydrogens is 302 g/mol. The molecule has 10 heteroatoms. The van der Waals surface area contributed by atoms with E-state index < -0.39 is 36.0 Å². The molecule has 1 atom stereocenters. The van der Waals surface area contributed by atoms with Crippen molar-refractivity contribution in [1.29, 1.82) is 0 Å². The van der Waals surface area contributed by atoms with Crippen LogP contribution in [0.25, 0.3) is 0 Å². The Kier molecular flexibility index (Phi) is 5.47. The fraction of sp³-hybridized carbons (Fsp3) is 0.364. The molecule has 0 spiro atoms. The zero-order chi connectivity index (χ0) is 16.2. The number of amides is 1. The molecule has 0 bridgehead atoms. The van der Waals surface area contributed by atoms with Crippen LogP contribution in [-0.2, 0) is 9.59 Å². The minimum absolute atomic E-state index is 0.0127. The van der Waals surface area contributed by atoms with Gasteiger partial charge in [-0.25, -0.2) is 9.59 Å². The Bertz CT molecular complexity index is 641. The van der Waals surface area contributed by atoms with Crippen molar-refractivity contribution in [3.05, 3.63) is 21.7 Å². The van der Waals surface area contributed by atoms with Gasteiger partial charge in [-0.05, 0) is 13.2 Å². The van der Waals surface area contributed by atoms with Crippen LogP contribution in [-0.4, -0.2) is 50.3 Å². The van der Waals surface area contributed by atoms with Gasteiger partial charge in [0.25, 0.3) is 5.91 Å². The first kappa shape index (κ1) is 16.7. The zero-order valence-electron chi connectivity index (χ0n) is 11.2. The summed E-state index contributed by atoms with van der Waals surface area (Å²) >= 11 is 1.05. The minimum Gasteiger partial charge on any atom is -0.481 e. The molecule has 0 aromatic carbocycles. The molecule has 21 heavy (non-hydrogen) atoms. The van der Waals surface area contributed by atoms with Crippen molar-refractivity contribution < 1.29 is 24.6 Å². The van der Waals surface area contributed by atoms with Crippen molar-refractivity contribution in [2.24, 2.45) is 0 Å². The summed E-state index contributed by atoms with van der Waals surface area (Å²) in [6.07, 6.45) is 0.843. The highest BCUT2D eigenvalue weighted by molar-refractivity contribution is 7.98. The van der Waals surface area contributed by atoms with Gasteiger partial charge in [-0.3, -0.25) is 9.59 Å². The number of carbonyl (C=O) groups is 3. The summed E-state index contributed by atoms with van der Waals surface area (Å²) in [7, 11) is 0. The Labute approximate surface area is 122 Å². The fourth-order valence-electron chi connectivity index (χ4n) is 1.58. The third kappa shape index (κ3) is 4.31. The van der Waals surface area contributed by atoms with Crippen LogP contribution in [0.15, 0.2) is 9.82 Å². The smallest absolute Gasteiger partial charge is 0.346 e. The van der Waals surface area contributed by atoms with Gasteiger partial charge in [-0.1, -0.05) is 0 Å². The molecule has 1 heterocycles. The highest BCUT2D eigenvalue weighted by Crippen LogP contribution is 2.18. The third-order valence-electron chi connectivity index (χ3n) is 2.49. The van der Waals surface area contributed by atoms with Crippen LogP contribution in [0.1, 0.15) is 22.5 Å². The number of hydrogen-bond acceptors (Lipinski definition) is 6. The summed E-state index contributed by atoms with van der Waals surface area (Å²) in [5, 5.41) is 19.8. The lowest BCUT2D eigenvalue weighted by molar-refractivity contribution is -0.145. The van der Waals surface area contributed by atoms with Crippen molar-refractivity contribution in [2.45, 2.75) is 24.4 Å². The van der Waals surface area contributed by atoms with Gasteiger partial charge >= 0.3 is 17.6 Å². The monoisotopic (exact) mass is 315 g/mol. The minimum atomic E-state index is -1.57. The second-order valence-corrected chi connectivity index (χ2v) is 4.81. The third-order valence-corrected chi connectivity index (χ3v) is 3.17. The fourth-order valence-corrected chi connectivity index (χ4v) is 2.20. The molecule has 0 aliphatic rings. The normalized spacial score (nSPS) is 11.7. The first-order valence-corrected chi connectivity index (χ1v) is 6.89. The Morgan fingerprint density at radius 3 is 2.48 bits per heavy atom. The molecule has 0 aliphatic carbocycles. The number of carboxylic acids is 2. The molecule has 1 rings (SSSR count). The maximum absolute atomic E-state index is 12.1. The number of aromatic nitrogens is 2. The van der Waals surface area contributed by atoms with Crippen molar-refractivity contribution in [3.63, 3.8) is 0 Å². The van der Waals surface area contributed by atoms with Gasteiger partial charge in [0.1, 0.15) is 11.1 Å². The quantitative estimate of drug-likeness (QED) is 0.404. The first-order chi connectivity index (χ1) is 9.76. The number of nitrogens with zero attached hydrogens (tertiary/aromatic N) is 1. The van der Waals surface area contributed by atoms with Gasteiger partial charge in [0.05, 0.1) is 12.0 Å². The molecule has 1 aromatic heterocycles. The molecule has 0 saturated heterocycles. The maximum Gasteiger partial charge on any atom is 0.346 e. The van der Waals surface area contributed by atoms with E-state index in [1.54, 1.807) is 6.26 Å². The molecule has 0 fully saturated rings. The van der Waals surface area contributed by atoms with E-state index in [4.69, 9.17) is 10.2 Å². The van der Waals surface area contributed by atoms with Crippen molar-refractivity contribution in [3.8, 4) is 0 Å². The Balaban J connectivity index is 3.11. The highest BCUT2D eigenvalue weighted by Gasteiger charge is 2.26. The standard InChI is InChI=1S/C11H13N3O6S/c1-4-7(9(21-2)14-11(20)12-4)8(17)13-5(10(18)19)3-6(15)16/h5H,3H2,1-2H3,(H,13,17)(H,15,16)(H,18,19)(H,12,14,20)/t5-/m1/s1. The molecule has 0 aliphatic heterocycles. The van der Waals surface area contributed by atoms with E-state index >= 15 is 0 Å². The van der Waals surface area contributed by atoms with Gasteiger partial charge in [0, 0.05) is 5.69 Å². The molecule has 0 radical (unpaired) electrons. The summed E-state index contributed by atoms with van der Waals surface area (Å²) in [5.74, 6) is -3.63. The van der Waals surface area contributed by atoms with Crippen LogP contribution in [0.4, 0.5) is 0 Å². The molecule has 1 amide bonds. The largest absolute Gasteiger partial charge is 0.481 e. The van der Waals surface area contributed by atoms with Crippen LogP contribution in [0.3, 0.4) is 0 Å². The van der Waals surface area contributed by atoms with Crippen molar-refractivity contribution >= 4 is 29.6 Å². The van der Waals surface area contributed by atoms with Gasteiger partial charge in [-0.15, -0.1) is 11.8 Å². The molecular formula is C11H13N3O6S. The summed E-state index contributed by atoms with van der Waals surface area (Å²) in [5.41, 5.74) is -0.399.